The fourth-order valence-corrected chi connectivity index (χ4v) is 3.04. The quantitative estimate of drug-likeness (QED) is 0.323. The van der Waals surface area contributed by atoms with Gasteiger partial charge in [-0.15, -0.1) is 24.0 Å². The Hall–Kier alpha value is -2.35. The molecule has 0 saturated heterocycles. The first-order valence-electron chi connectivity index (χ1n) is 9.15. The minimum absolute atomic E-state index is 0. The third kappa shape index (κ3) is 6.09. The molecule has 148 valence electrons. The molecule has 1 aromatic heterocycles. The number of hydrogen-bond acceptors (Lipinski definition) is 2. The minimum Gasteiger partial charge on any atom is -0.352 e. The Labute approximate surface area is 184 Å². The number of guanidine groups is 1. The first-order valence-corrected chi connectivity index (χ1v) is 9.15. The van der Waals surface area contributed by atoms with Crippen LogP contribution in [0.25, 0.3) is 0 Å². The lowest BCUT2D eigenvalue weighted by Gasteiger charge is -2.23. The second-order valence-corrected chi connectivity index (χ2v) is 6.73. The Morgan fingerprint density at radius 2 is 1.82 bits per heavy atom. The van der Waals surface area contributed by atoms with Gasteiger partial charge in [-0.1, -0.05) is 48.5 Å². The number of aromatic nitrogens is 2. The van der Waals surface area contributed by atoms with Crippen LogP contribution in [0.2, 0.25) is 0 Å². The van der Waals surface area contributed by atoms with Crippen molar-refractivity contribution < 1.29 is 0 Å². The van der Waals surface area contributed by atoms with Gasteiger partial charge in [-0.25, -0.2) is 4.98 Å². The highest BCUT2D eigenvalue weighted by molar-refractivity contribution is 14.0. The largest absolute Gasteiger partial charge is 0.352 e. The number of aryl methyl sites for hydroxylation is 1. The zero-order valence-electron chi connectivity index (χ0n) is 16.7. The van der Waals surface area contributed by atoms with Crippen LogP contribution < -0.4 is 5.32 Å². The molecule has 0 spiro atoms. The van der Waals surface area contributed by atoms with Crippen LogP contribution in [0.1, 0.15) is 22.3 Å². The first-order chi connectivity index (χ1) is 13.2. The van der Waals surface area contributed by atoms with Crippen molar-refractivity contribution in [3.63, 3.8) is 0 Å². The maximum Gasteiger partial charge on any atom is 0.193 e. The van der Waals surface area contributed by atoms with Crippen LogP contribution in [-0.2, 0) is 19.6 Å². The van der Waals surface area contributed by atoms with Crippen molar-refractivity contribution in [1.29, 1.82) is 0 Å². The summed E-state index contributed by atoms with van der Waals surface area (Å²) in [5.74, 6) is 0.890. The highest BCUT2D eigenvalue weighted by Gasteiger charge is 2.08. The lowest BCUT2D eigenvalue weighted by Crippen LogP contribution is -2.38. The smallest absolute Gasteiger partial charge is 0.193 e. The van der Waals surface area contributed by atoms with Crippen molar-refractivity contribution in [1.82, 2.24) is 19.8 Å². The summed E-state index contributed by atoms with van der Waals surface area (Å²) in [5, 5.41) is 3.45. The van der Waals surface area contributed by atoms with E-state index in [-0.39, 0.29) is 24.0 Å². The molecule has 0 aliphatic rings. The fraction of sp³-hybridized carbons (Fsp3) is 0.273. The number of nitrogens with one attached hydrogen (secondary N) is 1. The summed E-state index contributed by atoms with van der Waals surface area (Å²) in [4.78, 5) is 10.6. The van der Waals surface area contributed by atoms with E-state index in [1.165, 1.54) is 22.3 Å². The predicted molar refractivity (Wildman–Crippen MR) is 126 cm³/mol. The molecule has 0 amide bonds. The van der Waals surface area contributed by atoms with Gasteiger partial charge in [0.1, 0.15) is 0 Å². The van der Waals surface area contributed by atoms with Gasteiger partial charge in [0.2, 0.25) is 0 Å². The lowest BCUT2D eigenvalue weighted by atomic mass is 10.1. The van der Waals surface area contributed by atoms with E-state index in [0.717, 1.165) is 25.6 Å². The SMILES string of the molecule is CN=C(NCc1ccc(Cn2ccnc2)cc1)N(C)Cc1ccccc1C.I. The van der Waals surface area contributed by atoms with Gasteiger partial charge in [-0.2, -0.15) is 0 Å². The molecule has 5 nitrogen and oxygen atoms in total. The zero-order valence-corrected chi connectivity index (χ0v) is 19.0. The summed E-state index contributed by atoms with van der Waals surface area (Å²) in [7, 11) is 3.89. The molecule has 6 heteroatoms. The first kappa shape index (κ1) is 21.9. The lowest BCUT2D eigenvalue weighted by molar-refractivity contribution is 0.475. The van der Waals surface area contributed by atoms with Gasteiger partial charge in [0.25, 0.3) is 0 Å². The molecule has 2 aromatic carbocycles. The van der Waals surface area contributed by atoms with Crippen molar-refractivity contribution >= 4 is 29.9 Å². The van der Waals surface area contributed by atoms with Crippen molar-refractivity contribution in [2.45, 2.75) is 26.6 Å². The Morgan fingerprint density at radius 3 is 2.46 bits per heavy atom. The molecule has 3 aromatic rings. The monoisotopic (exact) mass is 489 g/mol. The number of nitrogens with zero attached hydrogens (tertiary/aromatic N) is 4. The van der Waals surface area contributed by atoms with Gasteiger partial charge < -0.3 is 14.8 Å². The second kappa shape index (κ2) is 10.8. The number of rotatable bonds is 6. The van der Waals surface area contributed by atoms with E-state index in [9.17, 15) is 0 Å². The highest BCUT2D eigenvalue weighted by atomic mass is 127. The number of aliphatic imine (C=N–C) groups is 1. The van der Waals surface area contributed by atoms with Crippen molar-refractivity contribution in [2.24, 2.45) is 4.99 Å². The molecule has 0 aliphatic carbocycles. The molecule has 0 radical (unpaired) electrons. The van der Waals surface area contributed by atoms with E-state index >= 15 is 0 Å². The van der Waals surface area contributed by atoms with Gasteiger partial charge in [-0.05, 0) is 29.2 Å². The molecule has 0 atom stereocenters. The maximum absolute atomic E-state index is 4.42. The average molecular weight is 489 g/mol. The molecule has 0 fully saturated rings. The van der Waals surface area contributed by atoms with Gasteiger partial charge >= 0.3 is 0 Å². The topological polar surface area (TPSA) is 45.5 Å². The van der Waals surface area contributed by atoms with Crippen molar-refractivity contribution in [3.05, 3.63) is 89.5 Å². The third-order valence-corrected chi connectivity index (χ3v) is 4.64. The van der Waals surface area contributed by atoms with Crippen LogP contribution in [0.4, 0.5) is 0 Å². The van der Waals surface area contributed by atoms with Crippen LogP contribution in [0.3, 0.4) is 0 Å². The highest BCUT2D eigenvalue weighted by Crippen LogP contribution is 2.10. The number of halogens is 1. The fourth-order valence-electron chi connectivity index (χ4n) is 3.04. The summed E-state index contributed by atoms with van der Waals surface area (Å²) >= 11 is 0. The number of benzene rings is 2. The summed E-state index contributed by atoms with van der Waals surface area (Å²) in [5.41, 5.74) is 5.10. The van der Waals surface area contributed by atoms with Crippen LogP contribution in [0, 0.1) is 6.92 Å². The van der Waals surface area contributed by atoms with Crippen LogP contribution in [0.15, 0.2) is 72.2 Å². The molecule has 1 N–H and O–H groups in total. The minimum atomic E-state index is 0. The molecule has 0 bridgehead atoms. The Kier molecular flexibility index (Phi) is 8.50. The molecular weight excluding hydrogens is 461 g/mol. The van der Waals surface area contributed by atoms with Gasteiger partial charge in [-0.3, -0.25) is 4.99 Å². The summed E-state index contributed by atoms with van der Waals surface area (Å²) < 4.78 is 2.07. The molecule has 0 unspecified atom stereocenters. The van der Waals surface area contributed by atoms with Crippen molar-refractivity contribution in [2.75, 3.05) is 14.1 Å². The van der Waals surface area contributed by atoms with E-state index in [0.29, 0.717) is 0 Å². The normalized spacial score (nSPS) is 11.0. The Balaban J connectivity index is 0.00000280. The van der Waals surface area contributed by atoms with Gasteiger partial charge in [0.05, 0.1) is 6.33 Å². The molecular formula is C22H28IN5. The summed E-state index contributed by atoms with van der Waals surface area (Å²) in [6.45, 7) is 4.56. The molecule has 0 saturated carbocycles. The zero-order chi connectivity index (χ0) is 19.1. The summed E-state index contributed by atoms with van der Waals surface area (Å²) in [6.07, 6.45) is 5.62. The Morgan fingerprint density at radius 1 is 1.11 bits per heavy atom. The van der Waals surface area contributed by atoms with Crippen molar-refractivity contribution in [3.8, 4) is 0 Å². The van der Waals surface area contributed by atoms with E-state index in [1.54, 1.807) is 6.20 Å². The standard InChI is InChI=1S/C22H27N5.HI/c1-18-6-4-5-7-21(18)16-26(3)22(23-2)25-14-19-8-10-20(11-9-19)15-27-13-12-24-17-27;/h4-13,17H,14-16H2,1-3H3,(H,23,25);1H. The van der Waals surface area contributed by atoms with E-state index in [4.69, 9.17) is 0 Å². The van der Waals surface area contributed by atoms with E-state index < -0.39 is 0 Å². The van der Waals surface area contributed by atoms with Crippen LogP contribution in [0.5, 0.6) is 0 Å². The van der Waals surface area contributed by atoms with E-state index in [2.05, 4.69) is 87.3 Å². The molecule has 0 aliphatic heterocycles. The average Bonchev–Trinajstić information content (AvgIpc) is 3.18. The summed E-state index contributed by atoms with van der Waals surface area (Å²) in [6, 6.07) is 17.1. The molecule has 3 rings (SSSR count). The van der Waals surface area contributed by atoms with Gasteiger partial charge in [0, 0.05) is 46.1 Å². The maximum atomic E-state index is 4.42. The van der Waals surface area contributed by atoms with Gasteiger partial charge in [0.15, 0.2) is 5.96 Å². The molecule has 1 heterocycles. The number of hydrogen-bond donors (Lipinski definition) is 1. The number of imidazole rings is 1. The second-order valence-electron chi connectivity index (χ2n) is 6.73. The van der Waals surface area contributed by atoms with E-state index in [1.807, 2.05) is 19.6 Å². The van der Waals surface area contributed by atoms with Crippen LogP contribution in [-0.4, -0.2) is 34.5 Å². The third-order valence-electron chi connectivity index (χ3n) is 4.64. The Bertz CT molecular complexity index is 872. The molecule has 28 heavy (non-hydrogen) atoms. The predicted octanol–water partition coefficient (Wildman–Crippen LogP) is 4.07. The van der Waals surface area contributed by atoms with Crippen LogP contribution >= 0.6 is 24.0 Å².